The second-order valence-electron chi connectivity index (χ2n) is 7.28. The molecule has 0 unspecified atom stereocenters. The highest BCUT2D eigenvalue weighted by atomic mass is 16.5. The number of cyclic esters (lactones) is 1. The van der Waals surface area contributed by atoms with E-state index in [0.29, 0.717) is 56.2 Å². The standard InChI is InChI=1S/C19H24N8O4/c1-14-16(12-31-19(14)29)26-9-11-30-10-8-25(7-5-18(26)28)6-4-15-2-3-17(22-21-15)27-13-20-23-24-27/h2-3,13H,4-12H2,1H3. The van der Waals surface area contributed by atoms with Gasteiger partial charge in [0.1, 0.15) is 12.9 Å². The Kier molecular flexibility index (Phi) is 6.57. The van der Waals surface area contributed by atoms with Crippen molar-refractivity contribution in [3.63, 3.8) is 0 Å². The quantitative estimate of drug-likeness (QED) is 0.568. The number of hydrogen-bond donors (Lipinski definition) is 0. The third kappa shape index (κ3) is 5.09. The molecule has 1 amide bonds. The van der Waals surface area contributed by atoms with E-state index in [-0.39, 0.29) is 18.5 Å². The van der Waals surface area contributed by atoms with Gasteiger partial charge in [-0.2, -0.15) is 9.78 Å². The molecule has 4 heterocycles. The molecule has 31 heavy (non-hydrogen) atoms. The topological polar surface area (TPSA) is 128 Å². The maximum Gasteiger partial charge on any atom is 0.336 e. The predicted molar refractivity (Wildman–Crippen MR) is 106 cm³/mol. The normalized spacial score (nSPS) is 19.1. The van der Waals surface area contributed by atoms with E-state index < -0.39 is 0 Å². The Balaban J connectivity index is 1.34. The van der Waals surface area contributed by atoms with Crippen molar-refractivity contribution in [1.82, 2.24) is 40.2 Å². The first-order chi connectivity index (χ1) is 15.1. The van der Waals surface area contributed by atoms with Gasteiger partial charge < -0.3 is 19.3 Å². The minimum atomic E-state index is -0.366. The van der Waals surface area contributed by atoms with Gasteiger partial charge in [-0.25, -0.2) is 4.79 Å². The molecule has 0 aromatic carbocycles. The molecule has 0 aliphatic carbocycles. The number of ether oxygens (including phenoxy) is 2. The molecule has 1 fully saturated rings. The zero-order chi connectivity index (χ0) is 21.6. The second kappa shape index (κ2) is 9.71. The second-order valence-corrected chi connectivity index (χ2v) is 7.28. The number of hydrogen-bond acceptors (Lipinski definition) is 10. The van der Waals surface area contributed by atoms with Crippen molar-refractivity contribution in [2.45, 2.75) is 19.8 Å². The van der Waals surface area contributed by atoms with Crippen molar-refractivity contribution in [2.75, 3.05) is 46.0 Å². The van der Waals surface area contributed by atoms with Crippen LogP contribution in [0.25, 0.3) is 5.82 Å². The highest BCUT2D eigenvalue weighted by Gasteiger charge is 2.29. The van der Waals surface area contributed by atoms with Crippen molar-refractivity contribution in [2.24, 2.45) is 0 Å². The van der Waals surface area contributed by atoms with Crippen molar-refractivity contribution in [1.29, 1.82) is 0 Å². The molecule has 2 aliphatic heterocycles. The fourth-order valence-corrected chi connectivity index (χ4v) is 3.48. The van der Waals surface area contributed by atoms with E-state index in [4.69, 9.17) is 9.47 Å². The SMILES string of the molecule is CC1=C(N2CCOCCN(CCc3ccc(-n4cnnn4)nn3)CCC2=O)COC1=O. The predicted octanol–water partition coefficient (Wildman–Crippen LogP) is -0.623. The molecule has 0 N–H and O–H groups in total. The van der Waals surface area contributed by atoms with Crippen LogP contribution in [-0.2, 0) is 25.5 Å². The molecule has 4 rings (SSSR count). The summed E-state index contributed by atoms with van der Waals surface area (Å²) in [5, 5.41) is 19.3. The molecule has 0 bridgehead atoms. The van der Waals surface area contributed by atoms with Crippen molar-refractivity contribution in [3.05, 3.63) is 35.4 Å². The third-order valence-corrected chi connectivity index (χ3v) is 5.33. The van der Waals surface area contributed by atoms with Crippen LogP contribution >= 0.6 is 0 Å². The molecule has 12 nitrogen and oxygen atoms in total. The van der Waals surface area contributed by atoms with Gasteiger partial charge in [0.05, 0.1) is 30.2 Å². The first kappa shape index (κ1) is 21.0. The third-order valence-electron chi connectivity index (χ3n) is 5.33. The molecular formula is C19H24N8O4. The van der Waals surface area contributed by atoms with E-state index in [0.717, 1.165) is 18.8 Å². The Bertz CT molecular complexity index is 944. The van der Waals surface area contributed by atoms with E-state index >= 15 is 0 Å². The van der Waals surface area contributed by atoms with Crippen LogP contribution in [0, 0.1) is 0 Å². The van der Waals surface area contributed by atoms with Crippen LogP contribution in [0.2, 0.25) is 0 Å². The van der Waals surface area contributed by atoms with Crippen LogP contribution in [0.4, 0.5) is 0 Å². The smallest absolute Gasteiger partial charge is 0.336 e. The highest BCUT2D eigenvalue weighted by molar-refractivity contribution is 5.92. The minimum absolute atomic E-state index is 0.0336. The van der Waals surface area contributed by atoms with Crippen LogP contribution in [0.15, 0.2) is 29.7 Å². The highest BCUT2D eigenvalue weighted by Crippen LogP contribution is 2.20. The number of esters is 1. The van der Waals surface area contributed by atoms with Gasteiger partial charge in [-0.15, -0.1) is 10.2 Å². The maximum atomic E-state index is 12.8. The number of carbonyl (C=O) groups excluding carboxylic acids is 2. The largest absolute Gasteiger partial charge is 0.456 e. The van der Waals surface area contributed by atoms with Crippen LogP contribution in [0.3, 0.4) is 0 Å². The Morgan fingerprint density at radius 2 is 1.97 bits per heavy atom. The average molecular weight is 428 g/mol. The summed E-state index contributed by atoms with van der Waals surface area (Å²) < 4.78 is 12.2. The summed E-state index contributed by atoms with van der Waals surface area (Å²) >= 11 is 0. The lowest BCUT2D eigenvalue weighted by Gasteiger charge is -2.28. The van der Waals surface area contributed by atoms with Gasteiger partial charge in [0, 0.05) is 39.0 Å². The maximum absolute atomic E-state index is 12.8. The number of rotatable bonds is 5. The van der Waals surface area contributed by atoms with Crippen LogP contribution in [0.5, 0.6) is 0 Å². The molecule has 0 spiro atoms. The number of tetrazole rings is 1. The Morgan fingerprint density at radius 1 is 1.10 bits per heavy atom. The summed E-state index contributed by atoms with van der Waals surface area (Å²) in [6.07, 6.45) is 2.50. The van der Waals surface area contributed by atoms with E-state index in [1.54, 1.807) is 11.8 Å². The van der Waals surface area contributed by atoms with E-state index in [9.17, 15) is 9.59 Å². The monoisotopic (exact) mass is 428 g/mol. The molecule has 2 aromatic heterocycles. The van der Waals surface area contributed by atoms with Crippen LogP contribution in [0.1, 0.15) is 19.0 Å². The lowest BCUT2D eigenvalue weighted by atomic mass is 10.2. The van der Waals surface area contributed by atoms with Gasteiger partial charge in [0.2, 0.25) is 5.91 Å². The molecule has 12 heteroatoms. The van der Waals surface area contributed by atoms with Gasteiger partial charge in [0.15, 0.2) is 5.82 Å². The molecule has 0 atom stereocenters. The number of amides is 1. The van der Waals surface area contributed by atoms with E-state index in [1.807, 2.05) is 12.1 Å². The fourth-order valence-electron chi connectivity index (χ4n) is 3.48. The minimum Gasteiger partial charge on any atom is -0.456 e. The van der Waals surface area contributed by atoms with Crippen LogP contribution < -0.4 is 0 Å². The first-order valence-electron chi connectivity index (χ1n) is 10.1. The Hall–Kier alpha value is -3.25. The van der Waals surface area contributed by atoms with Crippen molar-refractivity contribution >= 4 is 11.9 Å². The first-order valence-corrected chi connectivity index (χ1v) is 10.1. The Morgan fingerprint density at radius 3 is 2.68 bits per heavy atom. The zero-order valence-corrected chi connectivity index (χ0v) is 17.3. The molecule has 164 valence electrons. The van der Waals surface area contributed by atoms with E-state index in [2.05, 4.69) is 30.6 Å². The summed E-state index contributed by atoms with van der Waals surface area (Å²) in [4.78, 5) is 28.3. The van der Waals surface area contributed by atoms with Gasteiger partial charge in [-0.1, -0.05) is 0 Å². The van der Waals surface area contributed by atoms with Crippen molar-refractivity contribution in [3.8, 4) is 5.82 Å². The van der Waals surface area contributed by atoms with Crippen molar-refractivity contribution < 1.29 is 19.1 Å². The molecule has 0 saturated carbocycles. The number of aromatic nitrogens is 6. The Labute approximate surface area is 178 Å². The average Bonchev–Trinajstić information content (AvgIpc) is 3.43. The summed E-state index contributed by atoms with van der Waals surface area (Å²) in [7, 11) is 0. The molecule has 1 saturated heterocycles. The van der Waals surface area contributed by atoms with Gasteiger partial charge in [-0.05, 0) is 29.5 Å². The summed E-state index contributed by atoms with van der Waals surface area (Å²) in [5.74, 6) is 0.147. The molecule has 2 aliphatic rings. The summed E-state index contributed by atoms with van der Waals surface area (Å²) in [6, 6.07) is 3.70. The summed E-state index contributed by atoms with van der Waals surface area (Å²) in [6.45, 7) is 5.27. The molecule has 0 radical (unpaired) electrons. The lowest BCUT2D eigenvalue weighted by Crippen LogP contribution is -2.40. The van der Waals surface area contributed by atoms with Gasteiger partial charge in [0.25, 0.3) is 0 Å². The van der Waals surface area contributed by atoms with Gasteiger partial charge >= 0.3 is 5.97 Å². The molecular weight excluding hydrogens is 404 g/mol. The zero-order valence-electron chi connectivity index (χ0n) is 17.3. The number of carbonyl (C=O) groups is 2. The van der Waals surface area contributed by atoms with Crippen LogP contribution in [-0.4, -0.2) is 98.1 Å². The van der Waals surface area contributed by atoms with E-state index in [1.165, 1.54) is 11.0 Å². The number of nitrogens with zero attached hydrogens (tertiary/aromatic N) is 8. The van der Waals surface area contributed by atoms with Gasteiger partial charge in [-0.3, -0.25) is 4.79 Å². The lowest BCUT2D eigenvalue weighted by molar-refractivity contribution is -0.137. The summed E-state index contributed by atoms with van der Waals surface area (Å²) in [5.41, 5.74) is 1.97. The fraction of sp³-hybridized carbons (Fsp3) is 0.526. The molecule has 2 aromatic rings.